The third-order valence-electron chi connectivity index (χ3n) is 3.18. The van der Waals surface area contributed by atoms with Crippen molar-refractivity contribution in [2.75, 3.05) is 12.8 Å². The van der Waals surface area contributed by atoms with Crippen LogP contribution < -0.4 is 10.5 Å². The van der Waals surface area contributed by atoms with Crippen LogP contribution in [0, 0.1) is 0 Å². The Balaban J connectivity index is 2.17. The van der Waals surface area contributed by atoms with Gasteiger partial charge in [0.2, 0.25) is 0 Å². The maximum atomic E-state index is 5.99. The van der Waals surface area contributed by atoms with Crippen LogP contribution in [0.4, 0.5) is 5.69 Å². The Hall–Kier alpha value is -2.55. The largest absolute Gasteiger partial charge is 0.497 e. The monoisotopic (exact) mass is 250 g/mol. The molecule has 1 heterocycles. The Kier molecular flexibility index (Phi) is 2.80. The Bertz CT molecular complexity index is 738. The number of hydrogen-bond acceptors (Lipinski definition) is 3. The molecule has 0 radical (unpaired) electrons. The summed E-state index contributed by atoms with van der Waals surface area (Å²) in [6.45, 7) is 0. The minimum absolute atomic E-state index is 0.745. The second-order valence-corrected chi connectivity index (χ2v) is 4.36. The molecule has 3 rings (SSSR count). The average molecular weight is 250 g/mol. The first-order chi connectivity index (χ1) is 9.28. The Morgan fingerprint density at radius 1 is 1.00 bits per heavy atom. The van der Waals surface area contributed by atoms with Gasteiger partial charge in [0.05, 0.1) is 12.6 Å². The molecule has 0 fully saturated rings. The number of methoxy groups -OCH3 is 1. The van der Waals surface area contributed by atoms with Crippen molar-refractivity contribution in [2.24, 2.45) is 0 Å². The number of nitrogens with zero attached hydrogens (tertiary/aromatic N) is 1. The summed E-state index contributed by atoms with van der Waals surface area (Å²) in [4.78, 5) is 4.31. The van der Waals surface area contributed by atoms with E-state index >= 15 is 0 Å². The Morgan fingerprint density at radius 2 is 1.84 bits per heavy atom. The van der Waals surface area contributed by atoms with Crippen LogP contribution in [0.25, 0.3) is 22.0 Å². The van der Waals surface area contributed by atoms with Crippen LogP contribution in [-0.2, 0) is 0 Å². The molecule has 0 aliphatic rings. The summed E-state index contributed by atoms with van der Waals surface area (Å²) in [7, 11) is 1.67. The zero-order chi connectivity index (χ0) is 13.2. The minimum Gasteiger partial charge on any atom is -0.497 e. The highest BCUT2D eigenvalue weighted by molar-refractivity contribution is 5.93. The molecular formula is C16H14N2O. The summed E-state index contributed by atoms with van der Waals surface area (Å²) >= 11 is 0. The molecule has 0 unspecified atom stereocenters. The summed E-state index contributed by atoms with van der Waals surface area (Å²) in [5, 5.41) is 0.975. The lowest BCUT2D eigenvalue weighted by molar-refractivity contribution is 0.415. The van der Waals surface area contributed by atoms with Gasteiger partial charge in [-0.25, -0.2) is 0 Å². The third kappa shape index (κ3) is 2.10. The molecule has 3 heteroatoms. The molecular weight excluding hydrogens is 236 g/mol. The van der Waals surface area contributed by atoms with Gasteiger partial charge in [-0.1, -0.05) is 18.2 Å². The van der Waals surface area contributed by atoms with Gasteiger partial charge >= 0.3 is 0 Å². The average Bonchev–Trinajstić information content (AvgIpc) is 2.47. The van der Waals surface area contributed by atoms with E-state index in [4.69, 9.17) is 10.5 Å². The summed E-state index contributed by atoms with van der Waals surface area (Å²) in [5.41, 5.74) is 9.85. The van der Waals surface area contributed by atoms with Crippen molar-refractivity contribution in [3.8, 4) is 16.9 Å². The molecule has 0 bridgehead atoms. The van der Waals surface area contributed by atoms with Gasteiger partial charge < -0.3 is 10.5 Å². The first kappa shape index (κ1) is 11.5. The highest BCUT2D eigenvalue weighted by Crippen LogP contribution is 2.28. The number of pyridine rings is 1. The molecule has 19 heavy (non-hydrogen) atoms. The molecule has 0 saturated carbocycles. The molecule has 2 N–H and O–H groups in total. The maximum absolute atomic E-state index is 5.99. The van der Waals surface area contributed by atoms with Crippen molar-refractivity contribution >= 4 is 16.6 Å². The smallest absolute Gasteiger partial charge is 0.119 e. The lowest BCUT2D eigenvalue weighted by atomic mass is 10.0. The lowest BCUT2D eigenvalue weighted by Crippen LogP contribution is -1.89. The number of rotatable bonds is 2. The molecule has 2 aromatic carbocycles. The normalized spacial score (nSPS) is 10.6. The highest BCUT2D eigenvalue weighted by atomic mass is 16.5. The predicted molar refractivity (Wildman–Crippen MR) is 78.1 cm³/mol. The first-order valence-corrected chi connectivity index (χ1v) is 6.06. The second-order valence-electron chi connectivity index (χ2n) is 4.36. The van der Waals surface area contributed by atoms with Gasteiger partial charge in [-0.05, 0) is 41.5 Å². The van der Waals surface area contributed by atoms with Gasteiger partial charge in [0.25, 0.3) is 0 Å². The number of anilines is 1. The van der Waals surface area contributed by atoms with Crippen LogP contribution in [0.3, 0.4) is 0 Å². The van der Waals surface area contributed by atoms with E-state index in [1.165, 1.54) is 0 Å². The van der Waals surface area contributed by atoms with Crippen LogP contribution in [-0.4, -0.2) is 12.1 Å². The minimum atomic E-state index is 0.745. The zero-order valence-corrected chi connectivity index (χ0v) is 10.6. The van der Waals surface area contributed by atoms with Crippen molar-refractivity contribution < 1.29 is 4.74 Å². The van der Waals surface area contributed by atoms with Gasteiger partial charge in [-0.15, -0.1) is 0 Å². The number of aromatic nitrogens is 1. The maximum Gasteiger partial charge on any atom is 0.119 e. The van der Waals surface area contributed by atoms with Crippen molar-refractivity contribution in [1.82, 2.24) is 4.98 Å². The van der Waals surface area contributed by atoms with Gasteiger partial charge in [-0.3, -0.25) is 4.98 Å². The highest BCUT2D eigenvalue weighted by Gasteiger charge is 2.03. The molecule has 0 atom stereocenters. The van der Waals surface area contributed by atoms with Crippen molar-refractivity contribution in [3.05, 3.63) is 54.7 Å². The molecule has 0 aliphatic carbocycles. The number of ether oxygens (including phenoxy) is 1. The second kappa shape index (κ2) is 4.61. The van der Waals surface area contributed by atoms with E-state index in [1.54, 1.807) is 13.3 Å². The quantitative estimate of drug-likeness (QED) is 0.757. The third-order valence-corrected chi connectivity index (χ3v) is 3.18. The SMILES string of the molecule is COc1cccc(-c2ccc3nccc(N)c3c2)c1. The summed E-state index contributed by atoms with van der Waals surface area (Å²) < 4.78 is 5.25. The van der Waals surface area contributed by atoms with Crippen LogP contribution in [0.2, 0.25) is 0 Å². The molecule has 0 aliphatic heterocycles. The fourth-order valence-electron chi connectivity index (χ4n) is 2.15. The Morgan fingerprint density at radius 3 is 2.68 bits per heavy atom. The van der Waals surface area contributed by atoms with Crippen molar-refractivity contribution in [2.45, 2.75) is 0 Å². The molecule has 0 spiro atoms. The van der Waals surface area contributed by atoms with Gasteiger partial charge in [0.15, 0.2) is 0 Å². The van der Waals surface area contributed by atoms with E-state index in [-0.39, 0.29) is 0 Å². The van der Waals surface area contributed by atoms with Crippen LogP contribution in [0.5, 0.6) is 5.75 Å². The van der Waals surface area contributed by atoms with Crippen LogP contribution >= 0.6 is 0 Å². The first-order valence-electron chi connectivity index (χ1n) is 6.06. The fourth-order valence-corrected chi connectivity index (χ4v) is 2.15. The Labute approximate surface area is 111 Å². The number of benzene rings is 2. The van der Waals surface area contributed by atoms with Crippen LogP contribution in [0.15, 0.2) is 54.7 Å². The zero-order valence-electron chi connectivity index (χ0n) is 10.6. The number of hydrogen-bond donors (Lipinski definition) is 1. The van der Waals surface area contributed by atoms with Crippen molar-refractivity contribution in [1.29, 1.82) is 0 Å². The van der Waals surface area contributed by atoms with E-state index in [0.717, 1.165) is 33.5 Å². The predicted octanol–water partition coefficient (Wildman–Crippen LogP) is 3.49. The van der Waals surface area contributed by atoms with E-state index in [1.807, 2.05) is 36.4 Å². The molecule has 3 nitrogen and oxygen atoms in total. The van der Waals surface area contributed by atoms with Crippen LogP contribution in [0.1, 0.15) is 0 Å². The summed E-state index contributed by atoms with van der Waals surface area (Å²) in [6, 6.07) is 15.9. The topological polar surface area (TPSA) is 48.1 Å². The number of fused-ring (bicyclic) bond motifs is 1. The van der Waals surface area contributed by atoms with E-state index in [9.17, 15) is 0 Å². The molecule has 1 aromatic heterocycles. The van der Waals surface area contributed by atoms with E-state index < -0.39 is 0 Å². The molecule has 0 amide bonds. The molecule has 0 saturated heterocycles. The van der Waals surface area contributed by atoms with E-state index in [2.05, 4.69) is 17.1 Å². The van der Waals surface area contributed by atoms with Crippen molar-refractivity contribution in [3.63, 3.8) is 0 Å². The summed E-state index contributed by atoms with van der Waals surface area (Å²) in [6.07, 6.45) is 1.73. The summed E-state index contributed by atoms with van der Waals surface area (Å²) in [5.74, 6) is 0.844. The van der Waals surface area contributed by atoms with E-state index in [0.29, 0.717) is 0 Å². The van der Waals surface area contributed by atoms with Gasteiger partial charge in [0, 0.05) is 17.3 Å². The fraction of sp³-hybridized carbons (Fsp3) is 0.0625. The number of nitrogen functional groups attached to an aromatic ring is 1. The lowest BCUT2D eigenvalue weighted by Gasteiger charge is -2.07. The molecule has 3 aromatic rings. The number of nitrogens with two attached hydrogens (primary N) is 1. The standard InChI is InChI=1S/C16H14N2O/c1-19-13-4-2-3-11(9-13)12-5-6-16-14(10-12)15(17)7-8-18-16/h2-10H,1H3,(H2,17,18). The van der Waals surface area contributed by atoms with Gasteiger partial charge in [-0.2, -0.15) is 0 Å². The molecule has 94 valence electrons. The van der Waals surface area contributed by atoms with Gasteiger partial charge in [0.1, 0.15) is 5.75 Å².